The molecule has 24 heavy (non-hydrogen) atoms. The molecule has 1 N–H and O–H groups in total. The van der Waals surface area contributed by atoms with E-state index in [-0.39, 0.29) is 5.92 Å². The van der Waals surface area contributed by atoms with Gasteiger partial charge in [0.25, 0.3) is 0 Å². The Kier molecular flexibility index (Phi) is 6.41. The van der Waals surface area contributed by atoms with Crippen LogP contribution in [0.3, 0.4) is 0 Å². The molecular formula is C21H29NO2. The molecule has 0 aliphatic carbocycles. The second-order valence-corrected chi connectivity index (χ2v) is 6.63. The minimum absolute atomic E-state index is 0.00189. The summed E-state index contributed by atoms with van der Waals surface area (Å²) in [5.41, 5.74) is 1.20. The number of ether oxygens (including phenoxy) is 1. The highest BCUT2D eigenvalue weighted by molar-refractivity contribution is 5.35. The third kappa shape index (κ3) is 4.16. The van der Waals surface area contributed by atoms with Gasteiger partial charge in [-0.1, -0.05) is 55.8 Å². The summed E-state index contributed by atoms with van der Waals surface area (Å²) in [6, 6.07) is 18.1. The van der Waals surface area contributed by atoms with Gasteiger partial charge in [0.2, 0.25) is 0 Å². The van der Waals surface area contributed by atoms with Crippen molar-refractivity contribution >= 4 is 0 Å². The first-order chi connectivity index (χ1) is 11.5. The first-order valence-corrected chi connectivity index (χ1v) is 8.57. The molecular weight excluding hydrogens is 298 g/mol. The average molecular weight is 327 g/mol. The number of hydrogen-bond donors (Lipinski definition) is 1. The Balaban J connectivity index is 2.49. The van der Waals surface area contributed by atoms with E-state index in [1.807, 2.05) is 42.5 Å². The van der Waals surface area contributed by atoms with Gasteiger partial charge in [0.05, 0.1) is 12.7 Å². The van der Waals surface area contributed by atoms with Gasteiger partial charge in [-0.25, -0.2) is 0 Å². The summed E-state index contributed by atoms with van der Waals surface area (Å²) in [4.78, 5) is 2.14. The van der Waals surface area contributed by atoms with Crippen molar-refractivity contribution in [3.05, 3.63) is 65.7 Å². The minimum atomic E-state index is -0.910. The summed E-state index contributed by atoms with van der Waals surface area (Å²) >= 11 is 0. The molecule has 0 saturated heterocycles. The number of nitrogens with zero attached hydrogens (tertiary/aromatic N) is 1. The maximum atomic E-state index is 11.7. The van der Waals surface area contributed by atoms with Crippen molar-refractivity contribution in [2.45, 2.75) is 31.3 Å². The summed E-state index contributed by atoms with van der Waals surface area (Å²) in [6.07, 6.45) is 1.63. The molecule has 2 atom stereocenters. The lowest BCUT2D eigenvalue weighted by atomic mass is 9.74. The molecule has 0 aliphatic rings. The van der Waals surface area contributed by atoms with E-state index in [1.165, 1.54) is 0 Å². The van der Waals surface area contributed by atoms with Crippen molar-refractivity contribution in [1.82, 2.24) is 4.90 Å². The molecule has 0 saturated carbocycles. The molecule has 0 spiro atoms. The van der Waals surface area contributed by atoms with E-state index in [4.69, 9.17) is 4.74 Å². The topological polar surface area (TPSA) is 32.7 Å². The molecule has 2 aromatic rings. The molecule has 0 unspecified atom stereocenters. The predicted molar refractivity (Wildman–Crippen MR) is 99.5 cm³/mol. The van der Waals surface area contributed by atoms with Gasteiger partial charge in [-0.3, -0.25) is 0 Å². The molecule has 130 valence electrons. The zero-order chi connectivity index (χ0) is 17.6. The Bertz CT molecular complexity index is 609. The smallest absolute Gasteiger partial charge is 0.118 e. The lowest BCUT2D eigenvalue weighted by molar-refractivity contribution is -0.00975. The van der Waals surface area contributed by atoms with E-state index in [0.717, 1.165) is 29.8 Å². The van der Waals surface area contributed by atoms with Crippen LogP contribution in [0.2, 0.25) is 0 Å². The highest BCUT2D eigenvalue weighted by Crippen LogP contribution is 2.41. The quantitative estimate of drug-likeness (QED) is 0.794. The maximum absolute atomic E-state index is 11.7. The highest BCUT2D eigenvalue weighted by atomic mass is 16.5. The van der Waals surface area contributed by atoms with Crippen LogP contribution in [-0.4, -0.2) is 37.8 Å². The SMILES string of the molecule is CCC[C@@](O)(c1ccc(OC)cc1)[C@@H](CN(C)C)c1ccccc1. The molecule has 0 amide bonds. The molecule has 2 rings (SSSR count). The van der Waals surface area contributed by atoms with Crippen LogP contribution in [0.1, 0.15) is 36.8 Å². The minimum Gasteiger partial charge on any atom is -0.497 e. The fraction of sp³-hybridized carbons (Fsp3) is 0.429. The monoisotopic (exact) mass is 327 g/mol. The normalized spacial score (nSPS) is 15.1. The van der Waals surface area contributed by atoms with Crippen molar-refractivity contribution < 1.29 is 9.84 Å². The van der Waals surface area contributed by atoms with Crippen LogP contribution in [0.25, 0.3) is 0 Å². The first kappa shape index (κ1) is 18.5. The van der Waals surface area contributed by atoms with Gasteiger partial charge in [-0.2, -0.15) is 0 Å². The fourth-order valence-corrected chi connectivity index (χ4v) is 3.36. The number of hydrogen-bond acceptors (Lipinski definition) is 3. The predicted octanol–water partition coefficient (Wildman–Crippen LogP) is 4.03. The van der Waals surface area contributed by atoms with Gasteiger partial charge in [-0.05, 0) is 43.8 Å². The van der Waals surface area contributed by atoms with Crippen molar-refractivity contribution in [1.29, 1.82) is 0 Å². The molecule has 0 aromatic heterocycles. The van der Waals surface area contributed by atoms with Crippen LogP contribution in [0.15, 0.2) is 54.6 Å². The first-order valence-electron chi connectivity index (χ1n) is 8.57. The van der Waals surface area contributed by atoms with Gasteiger partial charge in [0.1, 0.15) is 5.75 Å². The number of methoxy groups -OCH3 is 1. The average Bonchev–Trinajstić information content (AvgIpc) is 2.60. The van der Waals surface area contributed by atoms with E-state index >= 15 is 0 Å². The standard InChI is InChI=1S/C21H29NO2/c1-5-15-21(23,18-11-13-19(24-4)14-12-18)20(16-22(2)3)17-9-7-6-8-10-17/h6-14,20,23H,5,15-16H2,1-4H3/t20-,21+/m0/s1. The lowest BCUT2D eigenvalue weighted by Gasteiger charge is -2.38. The molecule has 0 radical (unpaired) electrons. The third-order valence-electron chi connectivity index (χ3n) is 4.55. The van der Waals surface area contributed by atoms with E-state index in [1.54, 1.807) is 7.11 Å². The summed E-state index contributed by atoms with van der Waals surface area (Å²) in [7, 11) is 5.76. The molecule has 3 heteroatoms. The number of rotatable bonds is 8. The Labute approximate surface area is 145 Å². The largest absolute Gasteiger partial charge is 0.497 e. The zero-order valence-corrected chi connectivity index (χ0v) is 15.2. The molecule has 2 aromatic carbocycles. The van der Waals surface area contributed by atoms with Gasteiger partial charge < -0.3 is 14.7 Å². The summed E-state index contributed by atoms with van der Waals surface area (Å²) in [5.74, 6) is 0.809. The third-order valence-corrected chi connectivity index (χ3v) is 4.55. The Morgan fingerprint density at radius 3 is 2.17 bits per heavy atom. The van der Waals surface area contributed by atoms with Crippen LogP contribution in [0, 0.1) is 0 Å². The maximum Gasteiger partial charge on any atom is 0.118 e. The summed E-state index contributed by atoms with van der Waals surface area (Å²) in [6.45, 7) is 2.90. The summed E-state index contributed by atoms with van der Waals surface area (Å²) < 4.78 is 5.26. The second-order valence-electron chi connectivity index (χ2n) is 6.63. The van der Waals surface area contributed by atoms with Crippen molar-refractivity contribution in [3.63, 3.8) is 0 Å². The van der Waals surface area contributed by atoms with Crippen LogP contribution in [-0.2, 0) is 5.60 Å². The van der Waals surface area contributed by atoms with E-state index in [0.29, 0.717) is 6.42 Å². The van der Waals surface area contributed by atoms with E-state index in [9.17, 15) is 5.11 Å². The van der Waals surface area contributed by atoms with Crippen LogP contribution >= 0.6 is 0 Å². The molecule has 0 heterocycles. The van der Waals surface area contributed by atoms with Crippen LogP contribution in [0.4, 0.5) is 0 Å². The highest BCUT2D eigenvalue weighted by Gasteiger charge is 2.38. The van der Waals surface area contributed by atoms with E-state index < -0.39 is 5.60 Å². The Morgan fingerprint density at radius 1 is 1.04 bits per heavy atom. The van der Waals surface area contributed by atoms with Crippen molar-refractivity contribution in [3.8, 4) is 5.75 Å². The van der Waals surface area contributed by atoms with Crippen molar-refractivity contribution in [2.24, 2.45) is 0 Å². The molecule has 0 fully saturated rings. The zero-order valence-electron chi connectivity index (χ0n) is 15.2. The molecule has 0 bridgehead atoms. The number of benzene rings is 2. The Hall–Kier alpha value is -1.84. The van der Waals surface area contributed by atoms with Gasteiger partial charge in [0, 0.05) is 12.5 Å². The van der Waals surface area contributed by atoms with Crippen LogP contribution < -0.4 is 4.74 Å². The van der Waals surface area contributed by atoms with Crippen LogP contribution in [0.5, 0.6) is 5.75 Å². The molecule has 0 aliphatic heterocycles. The summed E-state index contributed by atoms with van der Waals surface area (Å²) in [5, 5.41) is 11.7. The lowest BCUT2D eigenvalue weighted by Crippen LogP contribution is -2.39. The number of aliphatic hydroxyl groups is 1. The fourth-order valence-electron chi connectivity index (χ4n) is 3.36. The molecule has 3 nitrogen and oxygen atoms in total. The number of likely N-dealkylation sites (N-methyl/N-ethyl adjacent to an activating group) is 1. The van der Waals surface area contributed by atoms with Gasteiger partial charge in [-0.15, -0.1) is 0 Å². The van der Waals surface area contributed by atoms with Crippen molar-refractivity contribution in [2.75, 3.05) is 27.7 Å². The second kappa shape index (κ2) is 8.32. The van der Waals surface area contributed by atoms with Gasteiger partial charge in [0.15, 0.2) is 0 Å². The Morgan fingerprint density at radius 2 is 1.67 bits per heavy atom. The van der Waals surface area contributed by atoms with Gasteiger partial charge >= 0.3 is 0 Å². The van der Waals surface area contributed by atoms with E-state index in [2.05, 4.69) is 38.1 Å².